The molecule has 0 saturated carbocycles. The number of fused-ring (bicyclic) bond motifs is 4. The van der Waals surface area contributed by atoms with Gasteiger partial charge in [0.2, 0.25) is 0 Å². The highest BCUT2D eigenvalue weighted by Crippen LogP contribution is 2.45. The Morgan fingerprint density at radius 3 is 3.14 bits per heavy atom. The van der Waals surface area contributed by atoms with Gasteiger partial charge < -0.3 is 14.8 Å². The SMILES string of the molecule is C#CCN1C(=O)NC2CC1(C)Oc1cc(OCC)ccc12. The van der Waals surface area contributed by atoms with Crippen molar-refractivity contribution >= 4 is 6.03 Å². The Balaban J connectivity index is 1.99. The second-order valence-electron chi connectivity index (χ2n) is 5.41. The van der Waals surface area contributed by atoms with E-state index in [2.05, 4.69) is 11.2 Å². The highest BCUT2D eigenvalue weighted by atomic mass is 16.5. The minimum absolute atomic E-state index is 0.0593. The summed E-state index contributed by atoms with van der Waals surface area (Å²) in [5, 5.41) is 2.99. The summed E-state index contributed by atoms with van der Waals surface area (Å²) in [6.07, 6.45) is 6.03. The van der Waals surface area contributed by atoms with E-state index < -0.39 is 5.72 Å². The van der Waals surface area contributed by atoms with Crippen molar-refractivity contribution in [2.75, 3.05) is 13.2 Å². The number of nitrogens with one attached hydrogen (secondary N) is 1. The fourth-order valence-corrected chi connectivity index (χ4v) is 2.98. The van der Waals surface area contributed by atoms with E-state index in [0.717, 1.165) is 17.1 Å². The van der Waals surface area contributed by atoms with Gasteiger partial charge in [-0.05, 0) is 26.0 Å². The zero-order chi connectivity index (χ0) is 15.0. The van der Waals surface area contributed by atoms with Crippen LogP contribution in [0.2, 0.25) is 0 Å². The van der Waals surface area contributed by atoms with Crippen LogP contribution in [0.25, 0.3) is 0 Å². The van der Waals surface area contributed by atoms with Gasteiger partial charge in [0.05, 0.1) is 19.2 Å². The van der Waals surface area contributed by atoms with E-state index in [1.54, 1.807) is 4.90 Å². The van der Waals surface area contributed by atoms with Gasteiger partial charge in [0.1, 0.15) is 11.5 Å². The fraction of sp³-hybridized carbons (Fsp3) is 0.438. The first-order valence-corrected chi connectivity index (χ1v) is 7.05. The number of nitrogens with zero attached hydrogens (tertiary/aromatic N) is 1. The average Bonchev–Trinajstić information content (AvgIpc) is 2.43. The van der Waals surface area contributed by atoms with Crippen LogP contribution < -0.4 is 14.8 Å². The Labute approximate surface area is 124 Å². The smallest absolute Gasteiger partial charge is 0.321 e. The first kappa shape index (κ1) is 13.6. The summed E-state index contributed by atoms with van der Waals surface area (Å²) >= 11 is 0. The monoisotopic (exact) mass is 286 g/mol. The van der Waals surface area contributed by atoms with Crippen LogP contribution in [0.1, 0.15) is 31.9 Å². The molecule has 0 spiro atoms. The van der Waals surface area contributed by atoms with Crippen LogP contribution in [0.3, 0.4) is 0 Å². The lowest BCUT2D eigenvalue weighted by Crippen LogP contribution is -2.64. The lowest BCUT2D eigenvalue weighted by molar-refractivity contribution is -0.0780. The number of terminal acetylenes is 1. The van der Waals surface area contributed by atoms with Gasteiger partial charge in [0.15, 0.2) is 5.72 Å². The molecular formula is C16H18N2O3. The number of urea groups is 1. The van der Waals surface area contributed by atoms with Crippen molar-refractivity contribution in [3.05, 3.63) is 23.8 Å². The molecule has 1 aromatic carbocycles. The second kappa shape index (κ2) is 4.88. The van der Waals surface area contributed by atoms with Crippen LogP contribution in [-0.2, 0) is 0 Å². The van der Waals surface area contributed by atoms with Crippen molar-refractivity contribution in [3.8, 4) is 23.8 Å². The van der Waals surface area contributed by atoms with Crippen molar-refractivity contribution in [1.29, 1.82) is 0 Å². The third kappa shape index (κ3) is 2.17. The minimum Gasteiger partial charge on any atom is -0.494 e. The van der Waals surface area contributed by atoms with Crippen molar-refractivity contribution in [2.24, 2.45) is 0 Å². The number of amides is 2. The van der Waals surface area contributed by atoms with E-state index >= 15 is 0 Å². The summed E-state index contributed by atoms with van der Waals surface area (Å²) in [5.74, 6) is 4.01. The number of carbonyl (C=O) groups is 1. The molecule has 2 atom stereocenters. The van der Waals surface area contributed by atoms with Crippen molar-refractivity contribution < 1.29 is 14.3 Å². The van der Waals surface area contributed by atoms with E-state index in [1.165, 1.54) is 0 Å². The molecule has 2 heterocycles. The standard InChI is InChI=1S/C16H18N2O3/c1-4-8-18-15(19)17-13-10-16(18,3)21-14-9-11(20-5-2)6-7-12(13)14/h1,6-7,9,13H,5,8,10H2,2-3H3,(H,17,19). The molecule has 0 radical (unpaired) electrons. The largest absolute Gasteiger partial charge is 0.494 e. The Morgan fingerprint density at radius 2 is 2.43 bits per heavy atom. The predicted molar refractivity (Wildman–Crippen MR) is 78.1 cm³/mol. The predicted octanol–water partition coefficient (Wildman–Crippen LogP) is 2.28. The average molecular weight is 286 g/mol. The number of hydrogen-bond donors (Lipinski definition) is 1. The van der Waals surface area contributed by atoms with Crippen molar-refractivity contribution in [1.82, 2.24) is 10.2 Å². The van der Waals surface area contributed by atoms with Gasteiger partial charge in [-0.15, -0.1) is 6.42 Å². The van der Waals surface area contributed by atoms with E-state index in [0.29, 0.717) is 13.0 Å². The molecule has 5 nitrogen and oxygen atoms in total. The number of hydrogen-bond acceptors (Lipinski definition) is 3. The van der Waals surface area contributed by atoms with Crippen LogP contribution in [0.5, 0.6) is 11.5 Å². The molecule has 21 heavy (non-hydrogen) atoms. The summed E-state index contributed by atoms with van der Waals surface area (Å²) < 4.78 is 11.6. The highest BCUT2D eigenvalue weighted by molar-refractivity contribution is 5.77. The molecule has 1 N–H and O–H groups in total. The van der Waals surface area contributed by atoms with Crippen LogP contribution >= 0.6 is 0 Å². The molecule has 2 aliphatic rings. The summed E-state index contributed by atoms with van der Waals surface area (Å²) in [6, 6.07) is 5.47. The number of ether oxygens (including phenoxy) is 2. The van der Waals surface area contributed by atoms with E-state index in [9.17, 15) is 4.79 Å². The zero-order valence-corrected chi connectivity index (χ0v) is 12.2. The zero-order valence-electron chi connectivity index (χ0n) is 12.2. The molecule has 110 valence electrons. The lowest BCUT2D eigenvalue weighted by Gasteiger charge is -2.50. The summed E-state index contributed by atoms with van der Waals surface area (Å²) in [7, 11) is 0. The van der Waals surface area contributed by atoms with Gasteiger partial charge in [-0.2, -0.15) is 0 Å². The Kier molecular flexibility index (Phi) is 3.17. The van der Waals surface area contributed by atoms with Gasteiger partial charge in [-0.3, -0.25) is 4.90 Å². The molecule has 5 heteroatoms. The molecule has 1 aromatic rings. The van der Waals surface area contributed by atoms with Gasteiger partial charge >= 0.3 is 6.03 Å². The second-order valence-corrected chi connectivity index (χ2v) is 5.41. The molecule has 2 amide bonds. The molecule has 1 fully saturated rings. The normalized spacial score (nSPS) is 26.2. The minimum atomic E-state index is -0.725. The molecule has 0 aromatic heterocycles. The highest BCUT2D eigenvalue weighted by Gasteiger charge is 2.48. The molecule has 1 saturated heterocycles. The lowest BCUT2D eigenvalue weighted by atomic mass is 9.90. The number of carbonyl (C=O) groups excluding carboxylic acids is 1. The maximum Gasteiger partial charge on any atom is 0.321 e. The first-order chi connectivity index (χ1) is 10.1. The van der Waals surface area contributed by atoms with Crippen LogP contribution in [0, 0.1) is 12.3 Å². The Hall–Kier alpha value is -2.35. The van der Waals surface area contributed by atoms with Gasteiger partial charge in [0, 0.05) is 18.1 Å². The first-order valence-electron chi connectivity index (χ1n) is 7.05. The van der Waals surface area contributed by atoms with E-state index in [4.69, 9.17) is 15.9 Å². The van der Waals surface area contributed by atoms with Gasteiger partial charge in [-0.25, -0.2) is 4.79 Å². The molecule has 2 aliphatic heterocycles. The van der Waals surface area contributed by atoms with Gasteiger partial charge in [0.25, 0.3) is 0 Å². The molecular weight excluding hydrogens is 268 g/mol. The summed E-state index contributed by atoms with van der Waals surface area (Å²) in [6.45, 7) is 4.65. The number of benzene rings is 1. The van der Waals surface area contributed by atoms with Crippen LogP contribution in [0.4, 0.5) is 4.79 Å². The maximum absolute atomic E-state index is 12.2. The summed E-state index contributed by atoms with van der Waals surface area (Å²) in [4.78, 5) is 13.8. The third-order valence-corrected chi connectivity index (χ3v) is 3.95. The van der Waals surface area contributed by atoms with Crippen LogP contribution in [-0.4, -0.2) is 29.8 Å². The maximum atomic E-state index is 12.2. The van der Waals surface area contributed by atoms with Gasteiger partial charge in [-0.1, -0.05) is 5.92 Å². The summed E-state index contributed by atoms with van der Waals surface area (Å²) in [5.41, 5.74) is 0.252. The molecule has 2 unspecified atom stereocenters. The van der Waals surface area contributed by atoms with Crippen LogP contribution in [0.15, 0.2) is 18.2 Å². The quantitative estimate of drug-likeness (QED) is 0.867. The van der Waals surface area contributed by atoms with Crippen molar-refractivity contribution in [2.45, 2.75) is 32.0 Å². The topological polar surface area (TPSA) is 50.8 Å². The number of rotatable bonds is 3. The molecule has 0 aliphatic carbocycles. The molecule has 3 rings (SSSR count). The fourth-order valence-electron chi connectivity index (χ4n) is 2.98. The Bertz CT molecular complexity index is 622. The Morgan fingerprint density at radius 1 is 1.62 bits per heavy atom. The van der Waals surface area contributed by atoms with E-state index in [-0.39, 0.29) is 18.6 Å². The van der Waals surface area contributed by atoms with Crippen molar-refractivity contribution in [3.63, 3.8) is 0 Å². The van der Waals surface area contributed by atoms with E-state index in [1.807, 2.05) is 32.0 Å². The third-order valence-electron chi connectivity index (χ3n) is 3.95. The molecule has 2 bridgehead atoms.